The van der Waals surface area contributed by atoms with E-state index in [-0.39, 0.29) is 35.8 Å². The molecule has 0 aliphatic heterocycles. The first-order valence-electron chi connectivity index (χ1n) is 12.9. The summed E-state index contributed by atoms with van der Waals surface area (Å²) in [6.45, 7) is 0.247. The number of rotatable bonds is 9. The second-order valence-electron chi connectivity index (χ2n) is 9.91. The van der Waals surface area contributed by atoms with Gasteiger partial charge in [-0.25, -0.2) is 8.78 Å². The smallest absolute Gasteiger partial charge is 0.307 e. The van der Waals surface area contributed by atoms with Crippen molar-refractivity contribution in [3.05, 3.63) is 119 Å². The van der Waals surface area contributed by atoms with Gasteiger partial charge in [-0.1, -0.05) is 42.5 Å². The lowest BCUT2D eigenvalue weighted by Gasteiger charge is -2.17. The lowest BCUT2D eigenvalue weighted by Crippen LogP contribution is -2.06. The number of halogens is 2. The van der Waals surface area contributed by atoms with Crippen LogP contribution in [0.3, 0.4) is 0 Å². The minimum absolute atomic E-state index is 0.0373. The van der Waals surface area contributed by atoms with Crippen LogP contribution in [0.5, 0.6) is 23.0 Å². The highest BCUT2D eigenvalue weighted by atomic mass is 19.1. The third-order valence-electron chi connectivity index (χ3n) is 7.30. The van der Waals surface area contributed by atoms with Gasteiger partial charge in [0.1, 0.15) is 35.8 Å². The molecular formula is C32H26F2O5. The summed E-state index contributed by atoms with van der Waals surface area (Å²) >= 11 is 0. The number of hydrogen-bond donors (Lipinski definition) is 1. The average Bonchev–Trinajstić information content (AvgIpc) is 3.64. The fourth-order valence-corrected chi connectivity index (χ4v) is 5.17. The zero-order valence-electron chi connectivity index (χ0n) is 21.0. The van der Waals surface area contributed by atoms with Gasteiger partial charge in [0.15, 0.2) is 11.6 Å². The standard InChI is InChI=1S/C32H26F2O5/c33-26-12-15-28(39-22-10-13-29(27(34)16-22)37-18-19-4-2-1-3-5-19)23-11-14-30(31(23)26)38-21-8-6-20(7-9-21)24-17-25(24)32(35)36/h1-10,12-13,15-16,24-25,30H,11,14,17-18H2,(H,35,36)/t24-,25+,30-/m1/s1. The molecule has 2 aliphatic carbocycles. The molecule has 0 radical (unpaired) electrons. The molecule has 0 aromatic heterocycles. The van der Waals surface area contributed by atoms with E-state index in [0.29, 0.717) is 41.9 Å². The maximum absolute atomic E-state index is 14.9. The topological polar surface area (TPSA) is 65.0 Å². The first-order chi connectivity index (χ1) is 19.0. The summed E-state index contributed by atoms with van der Waals surface area (Å²) in [6, 6.07) is 24.1. The summed E-state index contributed by atoms with van der Waals surface area (Å²) in [5, 5.41) is 9.16. The quantitative estimate of drug-likeness (QED) is 0.242. The maximum atomic E-state index is 14.9. The molecule has 2 aliphatic rings. The third kappa shape index (κ3) is 5.30. The Morgan fingerprint density at radius 2 is 1.62 bits per heavy atom. The Labute approximate surface area is 224 Å². The van der Waals surface area contributed by atoms with E-state index in [1.165, 1.54) is 18.2 Å². The second kappa shape index (κ2) is 10.4. The summed E-state index contributed by atoms with van der Waals surface area (Å²) < 4.78 is 47.4. The molecule has 0 heterocycles. The van der Waals surface area contributed by atoms with Crippen LogP contribution in [0.4, 0.5) is 8.78 Å². The van der Waals surface area contributed by atoms with E-state index in [9.17, 15) is 13.6 Å². The minimum Gasteiger partial charge on any atom is -0.486 e. The van der Waals surface area contributed by atoms with Gasteiger partial charge in [0.25, 0.3) is 0 Å². The molecule has 0 amide bonds. The summed E-state index contributed by atoms with van der Waals surface area (Å²) in [6.07, 6.45) is 1.27. The Hall–Kier alpha value is -4.39. The summed E-state index contributed by atoms with van der Waals surface area (Å²) in [4.78, 5) is 11.1. The van der Waals surface area contributed by atoms with Crippen LogP contribution < -0.4 is 14.2 Å². The highest BCUT2D eigenvalue weighted by molar-refractivity contribution is 5.75. The summed E-state index contributed by atoms with van der Waals surface area (Å²) in [5.41, 5.74) is 3.03. The predicted octanol–water partition coefficient (Wildman–Crippen LogP) is 7.59. The van der Waals surface area contributed by atoms with Gasteiger partial charge >= 0.3 is 5.97 Å². The number of ether oxygens (including phenoxy) is 3. The van der Waals surface area contributed by atoms with E-state index in [0.717, 1.165) is 11.1 Å². The van der Waals surface area contributed by atoms with Crippen molar-refractivity contribution in [3.63, 3.8) is 0 Å². The highest BCUT2D eigenvalue weighted by Gasteiger charge is 2.44. The zero-order valence-corrected chi connectivity index (χ0v) is 21.0. The molecule has 0 spiro atoms. The van der Waals surface area contributed by atoms with E-state index in [1.807, 2.05) is 42.5 Å². The average molecular weight is 529 g/mol. The molecule has 0 saturated heterocycles. The van der Waals surface area contributed by atoms with Crippen molar-refractivity contribution in [2.45, 2.75) is 37.9 Å². The van der Waals surface area contributed by atoms with E-state index in [4.69, 9.17) is 19.3 Å². The van der Waals surface area contributed by atoms with Gasteiger partial charge in [-0.2, -0.15) is 0 Å². The molecule has 1 saturated carbocycles. The van der Waals surface area contributed by atoms with Crippen molar-refractivity contribution in [2.75, 3.05) is 0 Å². The number of aliphatic carboxylic acids is 1. The monoisotopic (exact) mass is 528 g/mol. The molecule has 1 N–H and O–H groups in total. The number of benzene rings is 4. The Bertz CT molecular complexity index is 1500. The molecule has 0 bridgehead atoms. The van der Waals surface area contributed by atoms with Crippen LogP contribution in [0.25, 0.3) is 0 Å². The zero-order chi connectivity index (χ0) is 26.9. The van der Waals surface area contributed by atoms with Crippen LogP contribution in [-0.4, -0.2) is 11.1 Å². The lowest BCUT2D eigenvalue weighted by atomic mass is 10.1. The van der Waals surface area contributed by atoms with Crippen molar-refractivity contribution in [1.29, 1.82) is 0 Å². The summed E-state index contributed by atoms with van der Waals surface area (Å²) in [7, 11) is 0. The minimum atomic E-state index is -0.772. The van der Waals surface area contributed by atoms with Crippen LogP contribution >= 0.6 is 0 Å². The van der Waals surface area contributed by atoms with Gasteiger partial charge in [0.2, 0.25) is 0 Å². The van der Waals surface area contributed by atoms with Crippen molar-refractivity contribution in [1.82, 2.24) is 0 Å². The largest absolute Gasteiger partial charge is 0.486 e. The number of fused-ring (bicyclic) bond motifs is 1. The molecule has 198 valence electrons. The van der Waals surface area contributed by atoms with E-state index >= 15 is 0 Å². The maximum Gasteiger partial charge on any atom is 0.307 e. The highest BCUT2D eigenvalue weighted by Crippen LogP contribution is 2.48. The molecule has 4 aromatic rings. The Balaban J connectivity index is 1.14. The summed E-state index contributed by atoms with van der Waals surface area (Å²) in [5.74, 6) is -0.536. The van der Waals surface area contributed by atoms with Crippen LogP contribution in [0.15, 0.2) is 84.9 Å². The SMILES string of the molecule is O=C(O)[C@H]1C[C@@H]1c1ccc(O[C@@H]2CCc3c(Oc4ccc(OCc5ccccc5)c(F)c4)ccc(F)c32)cc1. The molecular weight excluding hydrogens is 502 g/mol. The van der Waals surface area contributed by atoms with Gasteiger partial charge in [-0.3, -0.25) is 4.79 Å². The van der Waals surface area contributed by atoms with Gasteiger partial charge in [0, 0.05) is 17.2 Å². The van der Waals surface area contributed by atoms with Crippen molar-refractivity contribution < 1.29 is 32.9 Å². The van der Waals surface area contributed by atoms with Crippen molar-refractivity contribution >= 4 is 5.97 Å². The third-order valence-corrected chi connectivity index (χ3v) is 7.30. The number of carboxylic acids is 1. The van der Waals surface area contributed by atoms with E-state index < -0.39 is 17.9 Å². The van der Waals surface area contributed by atoms with Gasteiger partial charge in [-0.05, 0) is 72.7 Å². The number of hydrogen-bond acceptors (Lipinski definition) is 4. The van der Waals surface area contributed by atoms with E-state index in [1.54, 1.807) is 24.3 Å². The van der Waals surface area contributed by atoms with Gasteiger partial charge in [-0.15, -0.1) is 0 Å². The van der Waals surface area contributed by atoms with Crippen molar-refractivity contribution in [3.8, 4) is 23.0 Å². The van der Waals surface area contributed by atoms with Gasteiger partial charge in [0.05, 0.1) is 5.92 Å². The normalized spacial score (nSPS) is 19.3. The fraction of sp³-hybridized carbons (Fsp3) is 0.219. The first-order valence-corrected chi connectivity index (χ1v) is 12.9. The molecule has 4 aromatic carbocycles. The van der Waals surface area contributed by atoms with Crippen LogP contribution in [0.1, 0.15) is 47.1 Å². The molecule has 1 fully saturated rings. The Morgan fingerprint density at radius 1 is 0.872 bits per heavy atom. The molecule has 0 unspecified atom stereocenters. The first kappa shape index (κ1) is 24.9. The number of carboxylic acid groups (broad SMARTS) is 1. The molecule has 7 heteroatoms. The Morgan fingerprint density at radius 3 is 2.33 bits per heavy atom. The molecule has 39 heavy (non-hydrogen) atoms. The second-order valence-corrected chi connectivity index (χ2v) is 9.91. The van der Waals surface area contributed by atoms with Crippen LogP contribution in [0.2, 0.25) is 0 Å². The number of carbonyl (C=O) groups is 1. The molecule has 3 atom stereocenters. The van der Waals surface area contributed by atoms with Crippen LogP contribution in [0, 0.1) is 17.6 Å². The van der Waals surface area contributed by atoms with E-state index in [2.05, 4.69) is 0 Å². The lowest BCUT2D eigenvalue weighted by molar-refractivity contribution is -0.138. The fourth-order valence-electron chi connectivity index (χ4n) is 5.17. The van der Waals surface area contributed by atoms with Gasteiger partial charge < -0.3 is 19.3 Å². The predicted molar refractivity (Wildman–Crippen MR) is 140 cm³/mol. The molecule has 6 rings (SSSR count). The van der Waals surface area contributed by atoms with Crippen LogP contribution in [-0.2, 0) is 17.8 Å². The Kier molecular flexibility index (Phi) is 6.65. The molecule has 5 nitrogen and oxygen atoms in total. The van der Waals surface area contributed by atoms with Crippen molar-refractivity contribution in [2.24, 2.45) is 5.92 Å².